The molecule has 3 N–H and O–H groups in total. The topological polar surface area (TPSA) is 76.2 Å². The Morgan fingerprint density at radius 3 is 2.48 bits per heavy atom. The van der Waals surface area contributed by atoms with Crippen LogP contribution in [-0.2, 0) is 6.18 Å². The lowest BCUT2D eigenvalue weighted by molar-refractivity contribution is -0.141. The zero-order valence-electron chi connectivity index (χ0n) is 13.2. The lowest BCUT2D eigenvalue weighted by atomic mass is 10.1. The van der Waals surface area contributed by atoms with Crippen LogP contribution in [-0.4, -0.2) is 15.9 Å². The number of anilines is 1. The molecule has 0 aliphatic heterocycles. The van der Waals surface area contributed by atoms with Crippen LogP contribution in [0.4, 0.5) is 24.8 Å². The summed E-state index contributed by atoms with van der Waals surface area (Å²) in [6.07, 6.45) is -4.57. The average molecular weight is 345 g/mol. The predicted molar refractivity (Wildman–Crippen MR) is 90.6 cm³/mol. The largest absolute Gasteiger partial charge is 0.433 e. The Hall–Kier alpha value is -3.16. The Morgan fingerprint density at radius 2 is 1.76 bits per heavy atom. The van der Waals surface area contributed by atoms with E-state index in [9.17, 15) is 13.2 Å². The molecule has 0 unspecified atom stereocenters. The quantitative estimate of drug-likeness (QED) is 0.543. The Labute approximate surface area is 141 Å². The highest BCUT2D eigenvalue weighted by atomic mass is 19.4. The van der Waals surface area contributed by atoms with E-state index in [2.05, 4.69) is 20.3 Å². The highest BCUT2D eigenvalue weighted by Gasteiger charge is 2.33. The number of hydrogen-bond acceptors (Lipinski definition) is 3. The minimum Gasteiger partial charge on any atom is -0.369 e. The molecule has 0 saturated heterocycles. The van der Waals surface area contributed by atoms with Crippen molar-refractivity contribution in [3.8, 4) is 0 Å². The van der Waals surface area contributed by atoms with E-state index in [1.165, 1.54) is 6.92 Å². The van der Waals surface area contributed by atoms with Crippen LogP contribution in [0.15, 0.2) is 53.5 Å². The second-order valence-electron chi connectivity index (χ2n) is 5.38. The van der Waals surface area contributed by atoms with Gasteiger partial charge in [0.15, 0.2) is 0 Å². The number of alkyl halides is 3. The third kappa shape index (κ3) is 4.03. The van der Waals surface area contributed by atoms with Gasteiger partial charge in [-0.05, 0) is 35.9 Å². The van der Waals surface area contributed by atoms with Gasteiger partial charge in [-0.2, -0.15) is 18.2 Å². The summed E-state index contributed by atoms with van der Waals surface area (Å²) in [6, 6.07) is 14.1. The molecule has 0 bridgehead atoms. The second kappa shape index (κ2) is 6.39. The zero-order valence-corrected chi connectivity index (χ0v) is 13.2. The first-order chi connectivity index (χ1) is 11.8. The van der Waals surface area contributed by atoms with Crippen molar-refractivity contribution in [2.24, 2.45) is 10.7 Å². The highest BCUT2D eigenvalue weighted by molar-refractivity contribution is 5.96. The number of aliphatic imine (C=N–C) groups is 1. The number of fused-ring (bicyclic) bond motifs is 1. The van der Waals surface area contributed by atoms with E-state index in [1.54, 1.807) is 6.07 Å². The fourth-order valence-corrected chi connectivity index (χ4v) is 2.30. The Morgan fingerprint density at radius 1 is 1.04 bits per heavy atom. The van der Waals surface area contributed by atoms with Crippen molar-refractivity contribution in [2.45, 2.75) is 13.1 Å². The van der Waals surface area contributed by atoms with Crippen LogP contribution < -0.4 is 11.1 Å². The van der Waals surface area contributed by atoms with Gasteiger partial charge >= 0.3 is 6.18 Å². The lowest BCUT2D eigenvalue weighted by Crippen LogP contribution is -2.22. The molecule has 0 spiro atoms. The summed E-state index contributed by atoms with van der Waals surface area (Å²) < 4.78 is 38.4. The second-order valence-corrected chi connectivity index (χ2v) is 5.38. The monoisotopic (exact) mass is 345 g/mol. The van der Waals surface area contributed by atoms with Crippen molar-refractivity contribution < 1.29 is 13.2 Å². The Kier molecular flexibility index (Phi) is 4.26. The first-order valence-corrected chi connectivity index (χ1v) is 7.34. The van der Waals surface area contributed by atoms with E-state index in [4.69, 9.17) is 5.73 Å². The van der Waals surface area contributed by atoms with Crippen LogP contribution in [0.25, 0.3) is 10.8 Å². The fraction of sp³-hybridized carbons (Fsp3) is 0.118. The van der Waals surface area contributed by atoms with Gasteiger partial charge in [-0.25, -0.2) is 9.97 Å². The third-order valence-electron chi connectivity index (χ3n) is 3.38. The van der Waals surface area contributed by atoms with E-state index in [-0.39, 0.29) is 17.6 Å². The molecule has 25 heavy (non-hydrogen) atoms. The first kappa shape index (κ1) is 16.7. The number of nitrogens with two attached hydrogens (primary N) is 1. The summed E-state index contributed by atoms with van der Waals surface area (Å²) in [6.45, 7) is 1.43. The standard InChI is InChI=1S/C17H14F3N5/c1-10-8-14(17(18,19)20)24-16(22-10)25-15(21)23-13-7-6-11-4-2-3-5-12(11)9-13/h2-9H,1H3,(H3,21,22,23,24,25). The van der Waals surface area contributed by atoms with Gasteiger partial charge in [0, 0.05) is 11.4 Å². The zero-order chi connectivity index (χ0) is 18.0. The highest BCUT2D eigenvalue weighted by Crippen LogP contribution is 2.28. The molecule has 3 rings (SSSR count). The summed E-state index contributed by atoms with van der Waals surface area (Å²) in [5, 5.41) is 4.87. The molecule has 0 aliphatic rings. The molecule has 1 aromatic heterocycles. The molecule has 1 heterocycles. The maximum atomic E-state index is 12.8. The number of benzene rings is 2. The smallest absolute Gasteiger partial charge is 0.369 e. The summed E-state index contributed by atoms with van der Waals surface area (Å²) in [5.41, 5.74) is 5.52. The number of nitrogens with one attached hydrogen (secondary N) is 1. The van der Waals surface area contributed by atoms with Gasteiger partial charge in [0.05, 0.1) is 0 Å². The van der Waals surface area contributed by atoms with Gasteiger partial charge in [-0.1, -0.05) is 30.3 Å². The van der Waals surface area contributed by atoms with Crippen molar-refractivity contribution in [3.05, 3.63) is 59.9 Å². The van der Waals surface area contributed by atoms with Crippen LogP contribution in [0.2, 0.25) is 0 Å². The average Bonchev–Trinajstić information content (AvgIpc) is 2.53. The van der Waals surface area contributed by atoms with E-state index in [1.807, 2.05) is 36.4 Å². The van der Waals surface area contributed by atoms with E-state index < -0.39 is 11.9 Å². The number of nitrogens with zero attached hydrogens (tertiary/aromatic N) is 3. The molecule has 0 aliphatic carbocycles. The van der Waals surface area contributed by atoms with E-state index in [0.29, 0.717) is 5.69 Å². The third-order valence-corrected chi connectivity index (χ3v) is 3.38. The van der Waals surface area contributed by atoms with Gasteiger partial charge in [0.25, 0.3) is 5.95 Å². The number of guanidine groups is 1. The summed E-state index contributed by atoms with van der Waals surface area (Å²) in [5.74, 6) is -0.452. The molecule has 0 amide bonds. The van der Waals surface area contributed by atoms with Crippen molar-refractivity contribution in [2.75, 3.05) is 5.32 Å². The van der Waals surface area contributed by atoms with E-state index >= 15 is 0 Å². The van der Waals surface area contributed by atoms with Crippen LogP contribution >= 0.6 is 0 Å². The Balaban J connectivity index is 1.87. The van der Waals surface area contributed by atoms with Gasteiger partial charge < -0.3 is 11.1 Å². The van der Waals surface area contributed by atoms with E-state index in [0.717, 1.165) is 16.8 Å². The maximum Gasteiger partial charge on any atom is 0.433 e. The normalized spacial score (nSPS) is 12.4. The maximum absolute atomic E-state index is 12.8. The minimum absolute atomic E-state index is 0.103. The Bertz CT molecular complexity index is 950. The van der Waals surface area contributed by atoms with Crippen LogP contribution in [0.1, 0.15) is 11.4 Å². The molecule has 0 atom stereocenters. The van der Waals surface area contributed by atoms with Crippen LogP contribution in [0.5, 0.6) is 0 Å². The van der Waals surface area contributed by atoms with Crippen molar-refractivity contribution in [1.29, 1.82) is 0 Å². The van der Waals surface area contributed by atoms with Gasteiger partial charge in [0.1, 0.15) is 5.69 Å². The summed E-state index contributed by atoms with van der Waals surface area (Å²) in [7, 11) is 0. The molecule has 8 heteroatoms. The molecular weight excluding hydrogens is 331 g/mol. The van der Waals surface area contributed by atoms with Crippen LogP contribution in [0, 0.1) is 6.92 Å². The minimum atomic E-state index is -4.57. The first-order valence-electron chi connectivity index (χ1n) is 7.34. The van der Waals surface area contributed by atoms with Gasteiger partial charge in [-0.3, -0.25) is 0 Å². The SMILES string of the molecule is Cc1cc(C(F)(F)F)nc(/N=C(\N)Nc2ccc3ccccc3c2)n1. The van der Waals surface area contributed by atoms with Crippen LogP contribution in [0.3, 0.4) is 0 Å². The molecule has 0 radical (unpaired) electrons. The molecule has 128 valence electrons. The molecule has 0 fully saturated rings. The molecule has 5 nitrogen and oxygen atoms in total. The number of hydrogen-bond donors (Lipinski definition) is 2. The van der Waals surface area contributed by atoms with Gasteiger partial charge in [0.2, 0.25) is 5.96 Å². The number of rotatable bonds is 2. The van der Waals surface area contributed by atoms with Crippen molar-refractivity contribution >= 4 is 28.4 Å². The lowest BCUT2D eigenvalue weighted by Gasteiger charge is -2.08. The fourth-order valence-electron chi connectivity index (χ4n) is 2.30. The number of aromatic nitrogens is 2. The predicted octanol–water partition coefficient (Wildman–Crippen LogP) is 4.02. The number of aryl methyl sites for hydroxylation is 1. The molecular formula is C17H14F3N5. The molecule has 3 aromatic rings. The number of halogens is 3. The summed E-state index contributed by atoms with van der Waals surface area (Å²) >= 11 is 0. The summed E-state index contributed by atoms with van der Waals surface area (Å²) in [4.78, 5) is 11.1. The molecule has 0 saturated carbocycles. The molecule has 2 aromatic carbocycles. The van der Waals surface area contributed by atoms with Crippen molar-refractivity contribution in [1.82, 2.24) is 9.97 Å². The van der Waals surface area contributed by atoms with Gasteiger partial charge in [-0.15, -0.1) is 0 Å². The van der Waals surface area contributed by atoms with Crippen molar-refractivity contribution in [3.63, 3.8) is 0 Å².